The second-order valence-corrected chi connectivity index (χ2v) is 9.15. The van der Waals surface area contributed by atoms with Crippen molar-refractivity contribution in [3.05, 3.63) is 41.2 Å². The zero-order valence-electron chi connectivity index (χ0n) is 17.8. The summed E-state index contributed by atoms with van der Waals surface area (Å²) < 4.78 is 6.96. The fourth-order valence-electron chi connectivity index (χ4n) is 4.47. The van der Waals surface area contributed by atoms with Gasteiger partial charge >= 0.3 is 0 Å². The third-order valence-corrected chi connectivity index (χ3v) is 6.54. The minimum atomic E-state index is -0.388. The Morgan fingerprint density at radius 1 is 1.30 bits per heavy atom. The van der Waals surface area contributed by atoms with Gasteiger partial charge in [-0.3, -0.25) is 14.3 Å². The highest BCUT2D eigenvalue weighted by Gasteiger charge is 2.50. The highest BCUT2D eigenvalue weighted by atomic mass is 35.5. The number of H-pyrrole nitrogens is 1. The largest absolute Gasteiger partial charge is 0.380 e. The molecule has 2 fully saturated rings. The summed E-state index contributed by atoms with van der Waals surface area (Å²) in [5.74, 6) is -0.493. The van der Waals surface area contributed by atoms with Crippen LogP contribution in [0, 0.1) is 5.41 Å². The molecule has 6 rings (SSSR count). The van der Waals surface area contributed by atoms with Gasteiger partial charge < -0.3 is 19.9 Å². The van der Waals surface area contributed by atoms with Crippen LogP contribution in [0.25, 0.3) is 33.5 Å². The summed E-state index contributed by atoms with van der Waals surface area (Å²) >= 11 is 6.12. The van der Waals surface area contributed by atoms with E-state index in [0.717, 1.165) is 10.9 Å². The minimum absolute atomic E-state index is 0.0683. The second-order valence-electron chi connectivity index (χ2n) is 8.71. The van der Waals surface area contributed by atoms with E-state index in [1.165, 1.54) is 0 Å². The molecule has 4 aromatic rings. The average molecular weight is 466 g/mol. The molecule has 5 heterocycles. The van der Waals surface area contributed by atoms with E-state index in [2.05, 4.69) is 25.4 Å². The number of aromatic nitrogens is 5. The van der Waals surface area contributed by atoms with Crippen LogP contribution in [0.4, 0.5) is 0 Å². The molecule has 10 nitrogen and oxygen atoms in total. The number of nitrogens with zero attached hydrogens (tertiary/aromatic N) is 5. The summed E-state index contributed by atoms with van der Waals surface area (Å²) in [6.07, 6.45) is 3.17. The molecule has 0 aliphatic carbocycles. The van der Waals surface area contributed by atoms with Crippen LogP contribution in [-0.2, 0) is 16.6 Å². The molecule has 0 saturated carbocycles. The van der Waals surface area contributed by atoms with E-state index in [-0.39, 0.29) is 23.8 Å². The van der Waals surface area contributed by atoms with E-state index < -0.39 is 0 Å². The standard InChI is InChI=1S/C22H20ClN7O3/c1-29-16-4-12(23)2-3-13(16)18(28-29)15-6-25-20-19(27-15)14(5-24-20)21(32)26-7-17(31)30-8-22(9-30)10-33-11-22/h2-6H,7-11H2,1H3,(H,24,25)(H,26,32). The van der Waals surface area contributed by atoms with Gasteiger partial charge in [0, 0.05) is 36.7 Å². The molecule has 0 radical (unpaired) electrons. The number of nitrogens with one attached hydrogen (secondary N) is 2. The number of aryl methyl sites for hydroxylation is 1. The number of halogens is 1. The fraction of sp³-hybridized carbons (Fsp3) is 0.318. The summed E-state index contributed by atoms with van der Waals surface area (Å²) in [5, 5.41) is 8.77. The van der Waals surface area contributed by atoms with Gasteiger partial charge in [0.1, 0.15) is 16.9 Å². The summed E-state index contributed by atoms with van der Waals surface area (Å²) in [7, 11) is 1.83. The quantitative estimate of drug-likeness (QED) is 0.474. The first-order valence-electron chi connectivity index (χ1n) is 10.5. The predicted octanol–water partition coefficient (Wildman–Crippen LogP) is 1.75. The Morgan fingerprint density at radius 2 is 2.12 bits per heavy atom. The van der Waals surface area contributed by atoms with Crippen molar-refractivity contribution in [2.75, 3.05) is 32.8 Å². The van der Waals surface area contributed by atoms with Gasteiger partial charge in [-0.15, -0.1) is 0 Å². The maximum absolute atomic E-state index is 12.8. The molecule has 0 atom stereocenters. The number of carbonyl (C=O) groups is 2. The Hall–Kier alpha value is -3.50. The molecule has 33 heavy (non-hydrogen) atoms. The Morgan fingerprint density at radius 3 is 2.88 bits per heavy atom. The van der Waals surface area contributed by atoms with E-state index in [9.17, 15) is 9.59 Å². The van der Waals surface area contributed by atoms with E-state index >= 15 is 0 Å². The van der Waals surface area contributed by atoms with Crippen molar-refractivity contribution in [3.8, 4) is 11.4 Å². The highest BCUT2D eigenvalue weighted by molar-refractivity contribution is 6.31. The summed E-state index contributed by atoms with van der Waals surface area (Å²) in [6, 6.07) is 5.52. The van der Waals surface area contributed by atoms with Gasteiger partial charge in [0.15, 0.2) is 5.65 Å². The third-order valence-electron chi connectivity index (χ3n) is 6.30. The van der Waals surface area contributed by atoms with Gasteiger partial charge in [-0.25, -0.2) is 9.97 Å². The lowest BCUT2D eigenvalue weighted by Crippen LogP contribution is -2.68. The molecule has 0 bridgehead atoms. The number of hydrogen-bond donors (Lipinski definition) is 2. The molecule has 11 heteroatoms. The lowest BCUT2D eigenvalue weighted by molar-refractivity contribution is -0.194. The molecule has 2 aliphatic heterocycles. The van der Waals surface area contributed by atoms with Crippen molar-refractivity contribution in [1.82, 2.24) is 34.9 Å². The number of amides is 2. The predicted molar refractivity (Wildman–Crippen MR) is 121 cm³/mol. The van der Waals surface area contributed by atoms with Gasteiger partial charge in [0.05, 0.1) is 42.5 Å². The average Bonchev–Trinajstić information content (AvgIpc) is 3.30. The van der Waals surface area contributed by atoms with Gasteiger partial charge in [-0.1, -0.05) is 11.6 Å². The zero-order chi connectivity index (χ0) is 22.7. The van der Waals surface area contributed by atoms with Crippen LogP contribution >= 0.6 is 11.6 Å². The van der Waals surface area contributed by atoms with Crippen LogP contribution in [0.3, 0.4) is 0 Å². The van der Waals surface area contributed by atoms with Crippen molar-refractivity contribution in [2.24, 2.45) is 12.5 Å². The molecule has 1 spiro atoms. The normalized spacial score (nSPS) is 16.7. The van der Waals surface area contributed by atoms with Crippen LogP contribution in [0.2, 0.25) is 5.02 Å². The monoisotopic (exact) mass is 465 g/mol. The molecule has 2 aliphatic rings. The zero-order valence-corrected chi connectivity index (χ0v) is 18.5. The molecule has 3 aromatic heterocycles. The van der Waals surface area contributed by atoms with E-state index in [0.29, 0.717) is 59.4 Å². The van der Waals surface area contributed by atoms with E-state index in [1.807, 2.05) is 19.2 Å². The maximum atomic E-state index is 12.8. The molecule has 1 aromatic carbocycles. The van der Waals surface area contributed by atoms with Crippen molar-refractivity contribution in [1.29, 1.82) is 0 Å². The van der Waals surface area contributed by atoms with Gasteiger partial charge in [-0.05, 0) is 18.2 Å². The molecule has 168 valence electrons. The number of aromatic amines is 1. The van der Waals surface area contributed by atoms with E-state index in [4.69, 9.17) is 16.3 Å². The van der Waals surface area contributed by atoms with Crippen molar-refractivity contribution in [3.63, 3.8) is 0 Å². The van der Waals surface area contributed by atoms with Crippen LogP contribution < -0.4 is 5.32 Å². The van der Waals surface area contributed by atoms with Crippen molar-refractivity contribution in [2.45, 2.75) is 0 Å². The molecule has 2 amide bonds. The topological polar surface area (TPSA) is 118 Å². The Kier molecular flexibility index (Phi) is 4.43. The van der Waals surface area contributed by atoms with Gasteiger partial charge in [0.2, 0.25) is 5.91 Å². The summed E-state index contributed by atoms with van der Waals surface area (Å²) in [5.41, 5.74) is 3.41. The molecular weight excluding hydrogens is 446 g/mol. The molecular formula is C22H20ClN7O3. The minimum Gasteiger partial charge on any atom is -0.380 e. The van der Waals surface area contributed by atoms with Gasteiger partial charge in [-0.2, -0.15) is 5.10 Å². The number of likely N-dealkylation sites (tertiary alicyclic amines) is 1. The third kappa shape index (κ3) is 3.25. The molecule has 0 unspecified atom stereocenters. The number of rotatable bonds is 4. The summed E-state index contributed by atoms with van der Waals surface area (Å²) in [6.45, 7) is 2.72. The van der Waals surface area contributed by atoms with Crippen LogP contribution in [-0.4, -0.2) is 74.3 Å². The number of carbonyl (C=O) groups excluding carboxylic acids is 2. The Balaban J connectivity index is 1.23. The Labute approximate surface area is 192 Å². The first kappa shape index (κ1) is 20.1. The highest BCUT2D eigenvalue weighted by Crippen LogP contribution is 2.37. The lowest BCUT2D eigenvalue weighted by atomic mass is 9.78. The first-order chi connectivity index (χ1) is 15.9. The SMILES string of the molecule is Cn1nc(-c2cnc3[nH]cc(C(=O)NCC(=O)N4CC5(COC5)C4)c3n2)c2ccc(Cl)cc21. The van der Waals surface area contributed by atoms with Crippen molar-refractivity contribution < 1.29 is 14.3 Å². The smallest absolute Gasteiger partial charge is 0.255 e. The number of benzene rings is 1. The first-order valence-corrected chi connectivity index (χ1v) is 10.9. The second kappa shape index (κ2) is 7.26. The van der Waals surface area contributed by atoms with Crippen LogP contribution in [0.15, 0.2) is 30.6 Å². The molecule has 2 saturated heterocycles. The number of fused-ring (bicyclic) bond motifs is 2. The van der Waals surface area contributed by atoms with Crippen molar-refractivity contribution >= 4 is 45.5 Å². The van der Waals surface area contributed by atoms with Gasteiger partial charge in [0.25, 0.3) is 5.91 Å². The number of ether oxygens (including phenoxy) is 1. The molecule has 2 N–H and O–H groups in total. The fourth-order valence-corrected chi connectivity index (χ4v) is 4.64. The van der Waals surface area contributed by atoms with Crippen LogP contribution in [0.1, 0.15) is 10.4 Å². The Bertz CT molecular complexity index is 1430. The maximum Gasteiger partial charge on any atom is 0.255 e. The van der Waals surface area contributed by atoms with E-state index in [1.54, 1.807) is 28.0 Å². The number of hydrogen-bond acceptors (Lipinski definition) is 6. The summed E-state index contributed by atoms with van der Waals surface area (Å²) in [4.78, 5) is 39.0. The van der Waals surface area contributed by atoms with Crippen LogP contribution in [0.5, 0.6) is 0 Å². The lowest BCUT2D eigenvalue weighted by Gasteiger charge is -2.54.